The highest BCUT2D eigenvalue weighted by molar-refractivity contribution is 5.93. The summed E-state index contributed by atoms with van der Waals surface area (Å²) >= 11 is 0. The number of amides is 1. The first kappa shape index (κ1) is 25.3. The average Bonchev–Trinajstić information content (AvgIpc) is 3.22. The molecular weight excluding hydrogens is 446 g/mol. The van der Waals surface area contributed by atoms with Gasteiger partial charge in [0.05, 0.1) is 7.11 Å². The highest BCUT2D eigenvalue weighted by atomic mass is 16.5. The van der Waals surface area contributed by atoms with Crippen molar-refractivity contribution in [1.29, 1.82) is 0 Å². The molecule has 0 atom stereocenters. The Morgan fingerprint density at radius 2 is 1.72 bits per heavy atom. The van der Waals surface area contributed by atoms with Gasteiger partial charge in [-0.2, -0.15) is 0 Å². The molecule has 0 spiro atoms. The molecule has 1 amide bonds. The van der Waals surface area contributed by atoms with Gasteiger partial charge in [-0.1, -0.05) is 48.0 Å². The molecule has 0 saturated heterocycles. The molecule has 5 nitrogen and oxygen atoms in total. The lowest BCUT2D eigenvalue weighted by Crippen LogP contribution is -2.20. The standard InChI is InChI=1S/C31H35N3O2/c1-23-5-7-25(8-6-23)20-32-31(35)16-12-24-11-15-30-29(19-24)27(17-18-33(2)3)22-34(30)21-26-9-13-28(36-4)14-10-26/h5-16,19,22H,17-18,20-21H2,1-4H3,(H,32,35)/b16-12+. The van der Waals surface area contributed by atoms with Crippen molar-refractivity contribution in [2.45, 2.75) is 26.4 Å². The zero-order valence-electron chi connectivity index (χ0n) is 21.6. The fourth-order valence-corrected chi connectivity index (χ4v) is 4.22. The van der Waals surface area contributed by atoms with Crippen molar-refractivity contribution in [2.75, 3.05) is 27.7 Å². The third-order valence-corrected chi connectivity index (χ3v) is 6.34. The van der Waals surface area contributed by atoms with Gasteiger partial charge in [-0.05, 0) is 80.0 Å². The van der Waals surface area contributed by atoms with E-state index in [9.17, 15) is 4.79 Å². The van der Waals surface area contributed by atoms with Gasteiger partial charge in [0, 0.05) is 42.8 Å². The second kappa shape index (κ2) is 11.7. The van der Waals surface area contributed by atoms with Gasteiger partial charge in [-0.3, -0.25) is 4.79 Å². The van der Waals surface area contributed by atoms with Gasteiger partial charge in [-0.25, -0.2) is 0 Å². The largest absolute Gasteiger partial charge is 0.497 e. The molecule has 4 aromatic rings. The molecule has 5 heteroatoms. The minimum atomic E-state index is -0.0967. The molecule has 186 valence electrons. The summed E-state index contributed by atoms with van der Waals surface area (Å²) in [6.45, 7) is 4.34. The van der Waals surface area contributed by atoms with Crippen LogP contribution in [0.3, 0.4) is 0 Å². The van der Waals surface area contributed by atoms with E-state index in [-0.39, 0.29) is 5.91 Å². The number of hydrogen-bond acceptors (Lipinski definition) is 3. The van der Waals surface area contributed by atoms with Crippen LogP contribution >= 0.6 is 0 Å². The fraction of sp³-hybridized carbons (Fsp3) is 0.258. The lowest BCUT2D eigenvalue weighted by molar-refractivity contribution is -0.116. The first-order valence-corrected chi connectivity index (χ1v) is 12.3. The molecule has 3 aromatic carbocycles. The predicted octanol–water partition coefficient (Wildman–Crippen LogP) is 5.44. The van der Waals surface area contributed by atoms with Crippen LogP contribution in [0, 0.1) is 6.92 Å². The number of aromatic nitrogens is 1. The molecule has 0 saturated carbocycles. The number of aryl methyl sites for hydroxylation is 1. The molecular formula is C31H35N3O2. The van der Waals surface area contributed by atoms with Crippen molar-refractivity contribution in [2.24, 2.45) is 0 Å². The van der Waals surface area contributed by atoms with Gasteiger partial charge >= 0.3 is 0 Å². The van der Waals surface area contributed by atoms with Gasteiger partial charge in [-0.15, -0.1) is 0 Å². The molecule has 0 fully saturated rings. The second-order valence-corrected chi connectivity index (χ2v) is 9.50. The van der Waals surface area contributed by atoms with Gasteiger partial charge in [0.2, 0.25) is 5.91 Å². The van der Waals surface area contributed by atoms with E-state index >= 15 is 0 Å². The highest BCUT2D eigenvalue weighted by Gasteiger charge is 2.10. The minimum Gasteiger partial charge on any atom is -0.497 e. The van der Waals surface area contributed by atoms with Gasteiger partial charge in [0.1, 0.15) is 5.75 Å². The number of hydrogen-bond donors (Lipinski definition) is 1. The lowest BCUT2D eigenvalue weighted by atomic mass is 10.1. The Morgan fingerprint density at radius 3 is 2.42 bits per heavy atom. The van der Waals surface area contributed by atoms with Gasteiger partial charge < -0.3 is 19.5 Å². The predicted molar refractivity (Wildman–Crippen MR) is 148 cm³/mol. The number of fused-ring (bicyclic) bond motifs is 1. The van der Waals surface area contributed by atoms with Crippen molar-refractivity contribution in [3.8, 4) is 5.75 Å². The monoisotopic (exact) mass is 481 g/mol. The molecule has 0 radical (unpaired) electrons. The van der Waals surface area contributed by atoms with E-state index in [0.717, 1.165) is 36.4 Å². The maximum absolute atomic E-state index is 12.4. The second-order valence-electron chi connectivity index (χ2n) is 9.50. The number of carbonyl (C=O) groups excluding carboxylic acids is 1. The lowest BCUT2D eigenvalue weighted by Gasteiger charge is -2.08. The summed E-state index contributed by atoms with van der Waals surface area (Å²) < 4.78 is 7.61. The van der Waals surface area contributed by atoms with Crippen LogP contribution in [0.25, 0.3) is 17.0 Å². The maximum Gasteiger partial charge on any atom is 0.244 e. The maximum atomic E-state index is 12.4. The van der Waals surface area contributed by atoms with Crippen molar-refractivity contribution < 1.29 is 9.53 Å². The Kier molecular flexibility index (Phi) is 8.24. The summed E-state index contributed by atoms with van der Waals surface area (Å²) in [5.74, 6) is 0.766. The molecule has 1 heterocycles. The molecule has 36 heavy (non-hydrogen) atoms. The average molecular weight is 482 g/mol. The zero-order chi connectivity index (χ0) is 25.5. The summed E-state index contributed by atoms with van der Waals surface area (Å²) in [7, 11) is 5.88. The zero-order valence-corrected chi connectivity index (χ0v) is 21.6. The Morgan fingerprint density at radius 1 is 1.00 bits per heavy atom. The summed E-state index contributed by atoms with van der Waals surface area (Å²) in [5.41, 5.74) is 7.05. The first-order valence-electron chi connectivity index (χ1n) is 12.3. The molecule has 1 N–H and O–H groups in total. The fourth-order valence-electron chi connectivity index (χ4n) is 4.22. The third kappa shape index (κ3) is 6.64. The van der Waals surface area contributed by atoms with Gasteiger partial charge in [0.25, 0.3) is 0 Å². The smallest absolute Gasteiger partial charge is 0.244 e. The number of methoxy groups -OCH3 is 1. The van der Waals surface area contributed by atoms with Crippen molar-refractivity contribution >= 4 is 22.9 Å². The summed E-state index contributed by atoms with van der Waals surface area (Å²) in [6.07, 6.45) is 6.73. The number of carbonyl (C=O) groups is 1. The van der Waals surface area contributed by atoms with Crippen molar-refractivity contribution in [1.82, 2.24) is 14.8 Å². The minimum absolute atomic E-state index is 0.0967. The number of ether oxygens (including phenoxy) is 1. The molecule has 0 aliphatic rings. The number of benzene rings is 3. The number of nitrogens with zero attached hydrogens (tertiary/aromatic N) is 2. The van der Waals surface area contributed by atoms with E-state index in [2.05, 4.69) is 84.5 Å². The number of nitrogens with one attached hydrogen (secondary N) is 1. The van der Waals surface area contributed by atoms with Crippen LogP contribution in [0.4, 0.5) is 0 Å². The van der Waals surface area contributed by atoms with Crippen LogP contribution in [0.15, 0.2) is 79.0 Å². The van der Waals surface area contributed by atoms with E-state index < -0.39 is 0 Å². The van der Waals surface area contributed by atoms with Gasteiger partial charge in [0.15, 0.2) is 0 Å². The van der Waals surface area contributed by atoms with E-state index in [4.69, 9.17) is 4.74 Å². The summed E-state index contributed by atoms with van der Waals surface area (Å²) in [6, 6.07) is 22.8. The quantitative estimate of drug-likeness (QED) is 0.307. The molecule has 0 aliphatic carbocycles. The van der Waals surface area contributed by atoms with Crippen LogP contribution in [0.2, 0.25) is 0 Å². The Bertz CT molecular complexity index is 1330. The van der Waals surface area contributed by atoms with Crippen molar-refractivity contribution in [3.63, 3.8) is 0 Å². The molecule has 0 unspecified atom stereocenters. The molecule has 0 bridgehead atoms. The molecule has 1 aromatic heterocycles. The topological polar surface area (TPSA) is 46.5 Å². The van der Waals surface area contributed by atoms with E-state index in [0.29, 0.717) is 6.54 Å². The van der Waals surface area contributed by atoms with Crippen molar-refractivity contribution in [3.05, 3.63) is 107 Å². The SMILES string of the molecule is COc1ccc(Cn2cc(CCN(C)C)c3cc(/C=C/C(=O)NCc4ccc(C)cc4)ccc32)cc1. The van der Waals surface area contributed by atoms with Crippen LogP contribution in [0.5, 0.6) is 5.75 Å². The number of likely N-dealkylation sites (N-methyl/N-ethyl adjacent to an activating group) is 1. The van der Waals surface area contributed by atoms with Crippen LogP contribution in [-0.4, -0.2) is 43.1 Å². The van der Waals surface area contributed by atoms with Crippen LogP contribution in [0.1, 0.15) is 27.8 Å². The van der Waals surface area contributed by atoms with E-state index in [1.54, 1.807) is 13.2 Å². The molecule has 4 rings (SSSR count). The first-order chi connectivity index (χ1) is 17.4. The van der Waals surface area contributed by atoms with E-state index in [1.165, 1.54) is 27.6 Å². The van der Waals surface area contributed by atoms with Crippen LogP contribution in [-0.2, 0) is 24.3 Å². The summed E-state index contributed by atoms with van der Waals surface area (Å²) in [5, 5.41) is 4.19. The van der Waals surface area contributed by atoms with Crippen LogP contribution < -0.4 is 10.1 Å². The summed E-state index contributed by atoms with van der Waals surface area (Å²) in [4.78, 5) is 14.6. The van der Waals surface area contributed by atoms with E-state index in [1.807, 2.05) is 30.3 Å². The highest BCUT2D eigenvalue weighted by Crippen LogP contribution is 2.26. The Hall–Kier alpha value is -3.83. The molecule has 0 aliphatic heterocycles. The Labute approximate surface area is 214 Å². The normalized spacial score (nSPS) is 11.5. The number of rotatable bonds is 10. The Balaban J connectivity index is 1.52. The third-order valence-electron chi connectivity index (χ3n) is 6.34.